The molecule has 0 aromatic heterocycles. The van der Waals surface area contributed by atoms with Crippen molar-refractivity contribution in [1.82, 2.24) is 14.9 Å². The fraction of sp³-hybridized carbons (Fsp3) is 0.571. The number of ether oxygens (including phenoxy) is 1. The van der Waals surface area contributed by atoms with Crippen molar-refractivity contribution in [2.45, 2.75) is 19.4 Å². The summed E-state index contributed by atoms with van der Waals surface area (Å²) in [7, 11) is 0. The van der Waals surface area contributed by atoms with Crippen molar-refractivity contribution < 1.29 is 24.3 Å². The van der Waals surface area contributed by atoms with E-state index in [1.54, 1.807) is 36.3 Å². The first-order valence-electron chi connectivity index (χ1n) is 10.2. The third-order valence-electron chi connectivity index (χ3n) is 5.43. The van der Waals surface area contributed by atoms with Crippen molar-refractivity contribution in [1.29, 1.82) is 5.26 Å². The number of fused-ring (bicyclic) bond motifs is 2. The number of amides is 2. The maximum atomic E-state index is 12.0. The van der Waals surface area contributed by atoms with Gasteiger partial charge in [-0.05, 0) is 49.4 Å². The number of nitriles is 1. The first kappa shape index (κ1) is 22.0. The second kappa shape index (κ2) is 10.4. The Hall–Kier alpha value is -2.67. The first-order chi connectivity index (χ1) is 14.5. The maximum absolute atomic E-state index is 12.0. The largest absolute Gasteiger partial charge is 0.491 e. The van der Waals surface area contributed by atoms with E-state index in [0.29, 0.717) is 49.2 Å². The molecule has 2 fully saturated rings. The molecule has 2 aliphatic heterocycles. The number of likely N-dealkylation sites (tertiary alicyclic amines) is 1. The molecule has 30 heavy (non-hydrogen) atoms. The van der Waals surface area contributed by atoms with E-state index in [1.807, 2.05) is 0 Å². The van der Waals surface area contributed by atoms with Crippen LogP contribution in [-0.2, 0) is 9.63 Å². The Bertz CT molecular complexity index is 752. The number of carbonyl (C=O) groups excluding carboxylic acids is 2. The van der Waals surface area contributed by atoms with E-state index in [2.05, 4.69) is 11.0 Å². The van der Waals surface area contributed by atoms with Crippen LogP contribution in [0.2, 0.25) is 0 Å². The lowest BCUT2D eigenvalue weighted by atomic mass is 9.85. The first-order valence-corrected chi connectivity index (χ1v) is 10.2. The van der Waals surface area contributed by atoms with E-state index in [9.17, 15) is 14.7 Å². The van der Waals surface area contributed by atoms with Crippen LogP contribution in [0.1, 0.15) is 18.9 Å². The number of aliphatic hydroxyl groups excluding tert-OH is 1. The Balaban J connectivity index is 1.43. The van der Waals surface area contributed by atoms with Crippen LogP contribution >= 0.6 is 0 Å². The van der Waals surface area contributed by atoms with Gasteiger partial charge in [-0.25, -0.2) is 9.69 Å². The van der Waals surface area contributed by atoms with E-state index in [-0.39, 0.29) is 13.2 Å². The van der Waals surface area contributed by atoms with Gasteiger partial charge in [0.15, 0.2) is 0 Å². The van der Waals surface area contributed by atoms with E-state index in [4.69, 9.17) is 14.8 Å². The summed E-state index contributed by atoms with van der Waals surface area (Å²) < 4.78 is 5.62. The molecule has 3 rings (SSSR count). The number of hydrogen-bond donors (Lipinski definition) is 1. The molecule has 0 saturated carbocycles. The highest BCUT2D eigenvalue weighted by molar-refractivity contribution is 5.79. The highest BCUT2D eigenvalue weighted by Gasteiger charge is 2.36. The van der Waals surface area contributed by atoms with Gasteiger partial charge in [0.2, 0.25) is 6.41 Å². The minimum atomic E-state index is -0.639. The molecule has 2 heterocycles. The SMILES string of the molecule is CCN(C=O)C(=O)ON1CC2CC(CN(CC(O)COc3ccc(C#N)cc3)C2)C1. The molecule has 2 bridgehead atoms. The second-order valence-corrected chi connectivity index (χ2v) is 7.88. The molecule has 9 nitrogen and oxygen atoms in total. The number of β-amino-alcohol motifs (C(OH)–C–C–N with tert-alkyl or cyclic N) is 1. The number of carbonyl (C=O) groups is 2. The average molecular weight is 416 g/mol. The number of rotatable bonds is 8. The number of benzene rings is 1. The van der Waals surface area contributed by atoms with Crippen molar-refractivity contribution in [2.75, 3.05) is 45.9 Å². The topological polar surface area (TPSA) is 106 Å². The van der Waals surface area contributed by atoms with Crippen LogP contribution in [0.4, 0.5) is 4.79 Å². The van der Waals surface area contributed by atoms with Crippen molar-refractivity contribution >= 4 is 12.5 Å². The molecule has 1 N–H and O–H groups in total. The monoisotopic (exact) mass is 416 g/mol. The lowest BCUT2D eigenvalue weighted by Crippen LogP contribution is -2.55. The molecular formula is C21H28N4O5. The van der Waals surface area contributed by atoms with Gasteiger partial charge in [-0.1, -0.05) is 0 Å². The quantitative estimate of drug-likeness (QED) is 0.628. The zero-order valence-electron chi connectivity index (χ0n) is 17.1. The second-order valence-electron chi connectivity index (χ2n) is 7.88. The fourth-order valence-electron chi connectivity index (χ4n) is 4.14. The summed E-state index contributed by atoms with van der Waals surface area (Å²) in [6.07, 6.45) is 0.280. The molecule has 2 saturated heterocycles. The van der Waals surface area contributed by atoms with Gasteiger partial charge in [0.05, 0.1) is 11.6 Å². The van der Waals surface area contributed by atoms with Gasteiger partial charge in [0, 0.05) is 39.3 Å². The van der Waals surface area contributed by atoms with E-state index < -0.39 is 12.2 Å². The van der Waals surface area contributed by atoms with Gasteiger partial charge in [0.25, 0.3) is 0 Å². The Morgan fingerprint density at radius 2 is 1.97 bits per heavy atom. The van der Waals surface area contributed by atoms with Crippen LogP contribution in [0.15, 0.2) is 24.3 Å². The molecule has 0 spiro atoms. The maximum Gasteiger partial charge on any atom is 0.435 e. The summed E-state index contributed by atoms with van der Waals surface area (Å²) in [6, 6.07) is 8.86. The minimum absolute atomic E-state index is 0.181. The van der Waals surface area contributed by atoms with Crippen LogP contribution in [0.25, 0.3) is 0 Å². The summed E-state index contributed by atoms with van der Waals surface area (Å²) in [5.41, 5.74) is 0.566. The number of aliphatic hydroxyl groups is 1. The molecule has 0 aliphatic carbocycles. The van der Waals surface area contributed by atoms with Gasteiger partial charge in [-0.2, -0.15) is 5.26 Å². The average Bonchev–Trinajstić information content (AvgIpc) is 2.73. The molecule has 0 radical (unpaired) electrons. The predicted octanol–water partition coefficient (Wildman–Crippen LogP) is 1.08. The van der Waals surface area contributed by atoms with Gasteiger partial charge in [0.1, 0.15) is 18.5 Å². The molecule has 3 atom stereocenters. The van der Waals surface area contributed by atoms with Gasteiger partial charge >= 0.3 is 6.09 Å². The van der Waals surface area contributed by atoms with Gasteiger partial charge in [-0.15, -0.1) is 5.06 Å². The highest BCUT2D eigenvalue weighted by atomic mass is 16.7. The highest BCUT2D eigenvalue weighted by Crippen LogP contribution is 2.29. The normalized spacial score (nSPS) is 22.6. The van der Waals surface area contributed by atoms with Crippen LogP contribution in [0.5, 0.6) is 5.75 Å². The van der Waals surface area contributed by atoms with Crippen LogP contribution in [0.3, 0.4) is 0 Å². The molecule has 162 valence electrons. The predicted molar refractivity (Wildman–Crippen MR) is 107 cm³/mol. The third kappa shape index (κ3) is 5.92. The summed E-state index contributed by atoms with van der Waals surface area (Å²) in [4.78, 5) is 31.5. The van der Waals surface area contributed by atoms with Crippen LogP contribution in [-0.4, -0.2) is 84.5 Å². The van der Waals surface area contributed by atoms with E-state index in [0.717, 1.165) is 24.4 Å². The smallest absolute Gasteiger partial charge is 0.435 e. The Labute approximate surface area is 176 Å². The Kier molecular flexibility index (Phi) is 7.63. The summed E-state index contributed by atoms with van der Waals surface area (Å²) in [5.74, 6) is 1.30. The molecular weight excluding hydrogens is 388 g/mol. The number of hydroxylamine groups is 2. The Morgan fingerprint density at radius 1 is 1.30 bits per heavy atom. The van der Waals surface area contributed by atoms with Gasteiger partial charge < -0.3 is 14.7 Å². The zero-order valence-corrected chi connectivity index (χ0v) is 17.1. The standard InChI is InChI=1S/C21H28N4O5/c1-2-24(15-26)21(28)30-25-11-17-7-18(12-25)10-23(9-17)13-19(27)14-29-20-5-3-16(8-22)4-6-20/h3-6,15,17-19,27H,2,7,9-14H2,1H3. The van der Waals surface area contributed by atoms with Crippen molar-refractivity contribution in [2.24, 2.45) is 11.8 Å². The zero-order chi connectivity index (χ0) is 21.5. The van der Waals surface area contributed by atoms with Crippen molar-refractivity contribution in [3.63, 3.8) is 0 Å². The van der Waals surface area contributed by atoms with Crippen LogP contribution in [0, 0.1) is 23.2 Å². The minimum Gasteiger partial charge on any atom is -0.491 e. The summed E-state index contributed by atoms with van der Waals surface area (Å²) in [6.45, 7) is 5.54. The number of hydrogen-bond acceptors (Lipinski definition) is 8. The third-order valence-corrected chi connectivity index (χ3v) is 5.43. The van der Waals surface area contributed by atoms with E-state index >= 15 is 0 Å². The molecule has 1 aromatic rings. The lowest BCUT2D eigenvalue weighted by Gasteiger charge is -2.45. The molecule has 1 aromatic carbocycles. The molecule has 3 unspecified atom stereocenters. The fourth-order valence-corrected chi connectivity index (χ4v) is 4.14. The summed E-state index contributed by atoms with van der Waals surface area (Å²) in [5, 5.41) is 20.9. The summed E-state index contributed by atoms with van der Waals surface area (Å²) >= 11 is 0. The van der Waals surface area contributed by atoms with E-state index in [1.165, 1.54) is 0 Å². The number of imide groups is 1. The van der Waals surface area contributed by atoms with Gasteiger partial charge in [-0.3, -0.25) is 9.69 Å². The van der Waals surface area contributed by atoms with Crippen molar-refractivity contribution in [3.8, 4) is 11.8 Å². The molecule has 2 amide bonds. The Morgan fingerprint density at radius 3 is 2.53 bits per heavy atom. The number of nitrogens with zero attached hydrogens (tertiary/aromatic N) is 4. The van der Waals surface area contributed by atoms with Crippen LogP contribution < -0.4 is 4.74 Å². The lowest BCUT2D eigenvalue weighted by molar-refractivity contribution is -0.161. The number of piperidine rings is 2. The molecule has 9 heteroatoms. The molecule has 2 aliphatic rings. The van der Waals surface area contributed by atoms with Crippen molar-refractivity contribution in [3.05, 3.63) is 29.8 Å².